The summed E-state index contributed by atoms with van der Waals surface area (Å²) in [4.78, 5) is 8.70. The number of halogens is 1. The summed E-state index contributed by atoms with van der Waals surface area (Å²) in [6.45, 7) is 0. The van der Waals surface area contributed by atoms with E-state index in [2.05, 4.69) is 20.6 Å². The maximum Gasteiger partial charge on any atom is 0.229 e. The molecule has 0 aliphatic rings. The summed E-state index contributed by atoms with van der Waals surface area (Å²) in [6, 6.07) is 12.6. The van der Waals surface area contributed by atoms with E-state index in [0.29, 0.717) is 39.7 Å². The Morgan fingerprint density at radius 3 is 2.30 bits per heavy atom. The Morgan fingerprint density at radius 1 is 0.815 bits per heavy atom. The van der Waals surface area contributed by atoms with E-state index >= 15 is 0 Å². The number of methoxy groups -OCH3 is 3. The monoisotopic (exact) mass is 386 g/mol. The third-order valence-corrected chi connectivity index (χ3v) is 3.95. The van der Waals surface area contributed by atoms with Gasteiger partial charge in [0.15, 0.2) is 11.5 Å². The minimum Gasteiger partial charge on any atom is -0.495 e. The van der Waals surface area contributed by atoms with E-state index < -0.39 is 0 Å². The van der Waals surface area contributed by atoms with Crippen molar-refractivity contribution in [3.63, 3.8) is 0 Å². The first-order chi connectivity index (χ1) is 13.1. The highest BCUT2D eigenvalue weighted by Crippen LogP contribution is 2.32. The number of hydrogen-bond acceptors (Lipinski definition) is 7. The Balaban J connectivity index is 1.81. The normalized spacial score (nSPS) is 10.2. The molecule has 0 bridgehead atoms. The molecule has 0 aliphatic carbocycles. The lowest BCUT2D eigenvalue weighted by atomic mass is 10.2. The highest BCUT2D eigenvalue weighted by molar-refractivity contribution is 6.31. The molecule has 0 unspecified atom stereocenters. The standard InChI is InChI=1S/C19H19ClN4O3/c1-25-15-6-4-12(20)10-14(15)23-19-21-9-8-18(24-19)22-13-5-7-16(26-2)17(11-13)27-3/h4-11H,1-3H3,(H2,21,22,23,24). The van der Waals surface area contributed by atoms with E-state index in [0.717, 1.165) is 5.69 Å². The van der Waals surface area contributed by atoms with E-state index in [1.807, 2.05) is 18.2 Å². The summed E-state index contributed by atoms with van der Waals surface area (Å²) >= 11 is 6.06. The van der Waals surface area contributed by atoms with Crippen molar-refractivity contribution in [2.75, 3.05) is 32.0 Å². The van der Waals surface area contributed by atoms with Crippen LogP contribution in [-0.4, -0.2) is 31.3 Å². The Kier molecular flexibility index (Phi) is 5.83. The average Bonchev–Trinajstić information content (AvgIpc) is 2.68. The number of nitrogens with one attached hydrogen (secondary N) is 2. The maximum atomic E-state index is 6.06. The van der Waals surface area contributed by atoms with Gasteiger partial charge >= 0.3 is 0 Å². The molecule has 8 heteroatoms. The molecule has 0 radical (unpaired) electrons. The lowest BCUT2D eigenvalue weighted by Gasteiger charge is -2.13. The third kappa shape index (κ3) is 4.51. The molecule has 1 aromatic heterocycles. The minimum atomic E-state index is 0.404. The van der Waals surface area contributed by atoms with Gasteiger partial charge in [-0.1, -0.05) is 11.6 Å². The van der Waals surface area contributed by atoms with Crippen LogP contribution in [0.4, 0.5) is 23.1 Å². The number of anilines is 4. The molecule has 0 saturated carbocycles. The van der Waals surface area contributed by atoms with Gasteiger partial charge in [0.1, 0.15) is 11.6 Å². The zero-order valence-corrected chi connectivity index (χ0v) is 15.9. The smallest absolute Gasteiger partial charge is 0.229 e. The van der Waals surface area contributed by atoms with Crippen molar-refractivity contribution >= 4 is 34.7 Å². The van der Waals surface area contributed by atoms with Crippen LogP contribution < -0.4 is 24.8 Å². The second kappa shape index (κ2) is 8.46. The Hall–Kier alpha value is -3.19. The third-order valence-electron chi connectivity index (χ3n) is 3.72. The molecule has 1 heterocycles. The molecular formula is C19H19ClN4O3. The van der Waals surface area contributed by atoms with Crippen molar-refractivity contribution in [1.29, 1.82) is 0 Å². The number of aromatic nitrogens is 2. The number of hydrogen-bond donors (Lipinski definition) is 2. The van der Waals surface area contributed by atoms with Crippen molar-refractivity contribution in [3.8, 4) is 17.2 Å². The van der Waals surface area contributed by atoms with Crippen LogP contribution in [0.1, 0.15) is 0 Å². The minimum absolute atomic E-state index is 0.404. The molecule has 0 saturated heterocycles. The average molecular weight is 387 g/mol. The molecule has 27 heavy (non-hydrogen) atoms. The molecular weight excluding hydrogens is 368 g/mol. The molecule has 7 nitrogen and oxygen atoms in total. The zero-order valence-electron chi connectivity index (χ0n) is 15.1. The zero-order chi connectivity index (χ0) is 19.2. The molecule has 3 rings (SSSR count). The summed E-state index contributed by atoms with van der Waals surface area (Å²) in [5, 5.41) is 6.91. The molecule has 3 aromatic rings. The van der Waals surface area contributed by atoms with Gasteiger partial charge in [-0.3, -0.25) is 0 Å². The van der Waals surface area contributed by atoms with Crippen LogP contribution in [0.3, 0.4) is 0 Å². The number of nitrogens with zero attached hydrogens (tertiary/aromatic N) is 2. The van der Waals surface area contributed by atoms with Crippen LogP contribution in [0.5, 0.6) is 17.2 Å². The van der Waals surface area contributed by atoms with Crippen molar-refractivity contribution in [2.45, 2.75) is 0 Å². The summed E-state index contributed by atoms with van der Waals surface area (Å²) in [7, 11) is 4.77. The summed E-state index contributed by atoms with van der Waals surface area (Å²) in [5.41, 5.74) is 1.48. The van der Waals surface area contributed by atoms with Crippen LogP contribution in [0.25, 0.3) is 0 Å². The quantitative estimate of drug-likeness (QED) is 0.612. The highest BCUT2D eigenvalue weighted by atomic mass is 35.5. The van der Waals surface area contributed by atoms with E-state index in [9.17, 15) is 0 Å². The lowest BCUT2D eigenvalue weighted by Crippen LogP contribution is -2.02. The molecule has 0 atom stereocenters. The van der Waals surface area contributed by atoms with Gasteiger partial charge in [-0.25, -0.2) is 4.98 Å². The molecule has 0 aliphatic heterocycles. The van der Waals surface area contributed by atoms with Gasteiger partial charge in [-0.15, -0.1) is 0 Å². The molecule has 2 N–H and O–H groups in total. The predicted molar refractivity (Wildman–Crippen MR) is 106 cm³/mol. The van der Waals surface area contributed by atoms with E-state index in [1.165, 1.54) is 0 Å². The fourth-order valence-corrected chi connectivity index (χ4v) is 2.62. The number of benzene rings is 2. The molecule has 0 spiro atoms. The largest absolute Gasteiger partial charge is 0.495 e. The first-order valence-corrected chi connectivity index (χ1v) is 8.43. The fourth-order valence-electron chi connectivity index (χ4n) is 2.45. The van der Waals surface area contributed by atoms with Crippen LogP contribution in [0.15, 0.2) is 48.7 Å². The van der Waals surface area contributed by atoms with Crippen LogP contribution in [-0.2, 0) is 0 Å². The van der Waals surface area contributed by atoms with Gasteiger partial charge in [0.2, 0.25) is 5.95 Å². The van der Waals surface area contributed by atoms with Gasteiger partial charge in [-0.05, 0) is 36.4 Å². The number of rotatable bonds is 7. The van der Waals surface area contributed by atoms with Gasteiger partial charge < -0.3 is 24.8 Å². The van der Waals surface area contributed by atoms with Gasteiger partial charge in [-0.2, -0.15) is 4.98 Å². The van der Waals surface area contributed by atoms with Gasteiger partial charge in [0.05, 0.1) is 27.0 Å². The van der Waals surface area contributed by atoms with Crippen molar-refractivity contribution < 1.29 is 14.2 Å². The molecule has 140 valence electrons. The topological polar surface area (TPSA) is 77.5 Å². The Labute approximate surface area is 162 Å². The van der Waals surface area contributed by atoms with Gasteiger partial charge in [0.25, 0.3) is 0 Å². The lowest BCUT2D eigenvalue weighted by molar-refractivity contribution is 0.355. The van der Waals surface area contributed by atoms with Crippen LogP contribution in [0.2, 0.25) is 5.02 Å². The second-order valence-electron chi connectivity index (χ2n) is 5.43. The first-order valence-electron chi connectivity index (χ1n) is 8.05. The Morgan fingerprint density at radius 2 is 1.56 bits per heavy atom. The van der Waals surface area contributed by atoms with Crippen molar-refractivity contribution in [3.05, 3.63) is 53.7 Å². The first kappa shape index (κ1) is 18.6. The predicted octanol–water partition coefficient (Wildman–Crippen LogP) is 4.64. The van der Waals surface area contributed by atoms with Crippen LogP contribution >= 0.6 is 11.6 Å². The second-order valence-corrected chi connectivity index (χ2v) is 5.87. The summed E-state index contributed by atoms with van der Waals surface area (Å²) in [6.07, 6.45) is 1.65. The number of ether oxygens (including phenoxy) is 3. The molecule has 0 amide bonds. The van der Waals surface area contributed by atoms with Crippen molar-refractivity contribution in [1.82, 2.24) is 9.97 Å². The Bertz CT molecular complexity index is 937. The summed E-state index contributed by atoms with van der Waals surface area (Å²) < 4.78 is 15.9. The molecule has 2 aromatic carbocycles. The van der Waals surface area contributed by atoms with Crippen molar-refractivity contribution in [2.24, 2.45) is 0 Å². The van der Waals surface area contributed by atoms with E-state index in [4.69, 9.17) is 25.8 Å². The summed E-state index contributed by atoms with van der Waals surface area (Å²) in [5.74, 6) is 2.93. The highest BCUT2D eigenvalue weighted by Gasteiger charge is 2.08. The van der Waals surface area contributed by atoms with E-state index in [-0.39, 0.29) is 0 Å². The SMILES string of the molecule is COc1ccc(Cl)cc1Nc1nccc(Nc2ccc(OC)c(OC)c2)n1. The van der Waals surface area contributed by atoms with E-state index in [1.54, 1.807) is 51.8 Å². The van der Waals surface area contributed by atoms with Crippen LogP contribution in [0, 0.1) is 0 Å². The fraction of sp³-hybridized carbons (Fsp3) is 0.158. The maximum absolute atomic E-state index is 6.06. The van der Waals surface area contributed by atoms with Gasteiger partial charge in [0, 0.05) is 23.0 Å². The molecule has 0 fully saturated rings.